The van der Waals surface area contributed by atoms with Gasteiger partial charge in [0.05, 0.1) is 11.9 Å². The standard InChI is InChI=1S/C19H15ClN4O/c1-12-5-2-3-8-16(12)24-18-15(11-21-24)19(25)23-17(22-18)10-13-6-4-7-14(20)9-13/h2-9,11H,10H2,1H3,(H,22,23,25). The molecule has 0 spiro atoms. The minimum atomic E-state index is -0.193. The molecule has 124 valence electrons. The lowest BCUT2D eigenvalue weighted by Gasteiger charge is -2.07. The molecule has 0 amide bonds. The number of benzene rings is 2. The van der Waals surface area contributed by atoms with Gasteiger partial charge in [-0.05, 0) is 36.2 Å². The molecule has 0 radical (unpaired) electrons. The van der Waals surface area contributed by atoms with Crippen LogP contribution in [0.1, 0.15) is 17.0 Å². The third kappa shape index (κ3) is 2.94. The number of aromatic amines is 1. The van der Waals surface area contributed by atoms with Gasteiger partial charge in [-0.3, -0.25) is 4.79 Å². The van der Waals surface area contributed by atoms with Crippen LogP contribution in [0.5, 0.6) is 0 Å². The molecule has 25 heavy (non-hydrogen) atoms. The number of rotatable bonds is 3. The van der Waals surface area contributed by atoms with Crippen molar-refractivity contribution in [2.24, 2.45) is 0 Å². The average Bonchev–Trinajstić information content (AvgIpc) is 2.99. The Labute approximate surface area is 148 Å². The topological polar surface area (TPSA) is 63.6 Å². The van der Waals surface area contributed by atoms with Crippen LogP contribution in [-0.2, 0) is 6.42 Å². The SMILES string of the molecule is Cc1ccccc1-n1ncc2c(=O)[nH]c(Cc3cccc(Cl)c3)nc21. The van der Waals surface area contributed by atoms with Crippen LogP contribution in [0.15, 0.2) is 59.5 Å². The van der Waals surface area contributed by atoms with E-state index in [1.807, 2.05) is 55.5 Å². The van der Waals surface area contributed by atoms with E-state index >= 15 is 0 Å². The normalized spacial score (nSPS) is 11.1. The number of hydrogen-bond acceptors (Lipinski definition) is 3. The van der Waals surface area contributed by atoms with Crippen LogP contribution in [-0.4, -0.2) is 19.7 Å². The molecule has 0 atom stereocenters. The smallest absolute Gasteiger partial charge is 0.262 e. The highest BCUT2D eigenvalue weighted by atomic mass is 35.5. The second-order valence-electron chi connectivity index (χ2n) is 5.90. The first-order chi connectivity index (χ1) is 12.1. The predicted molar refractivity (Wildman–Crippen MR) is 98.5 cm³/mol. The van der Waals surface area contributed by atoms with E-state index in [-0.39, 0.29) is 5.56 Å². The van der Waals surface area contributed by atoms with Crippen molar-refractivity contribution >= 4 is 22.6 Å². The van der Waals surface area contributed by atoms with Crippen LogP contribution in [0.25, 0.3) is 16.7 Å². The quantitative estimate of drug-likeness (QED) is 0.613. The van der Waals surface area contributed by atoms with Gasteiger partial charge in [-0.1, -0.05) is 41.9 Å². The molecule has 5 nitrogen and oxygen atoms in total. The van der Waals surface area contributed by atoms with Crippen LogP contribution in [0, 0.1) is 6.92 Å². The van der Waals surface area contributed by atoms with E-state index in [9.17, 15) is 4.79 Å². The van der Waals surface area contributed by atoms with Crippen molar-refractivity contribution in [3.63, 3.8) is 0 Å². The summed E-state index contributed by atoms with van der Waals surface area (Å²) < 4.78 is 1.71. The molecule has 0 bridgehead atoms. The second-order valence-corrected chi connectivity index (χ2v) is 6.34. The van der Waals surface area contributed by atoms with Crippen LogP contribution < -0.4 is 5.56 Å². The molecule has 6 heteroatoms. The molecular weight excluding hydrogens is 336 g/mol. The summed E-state index contributed by atoms with van der Waals surface area (Å²) in [5.41, 5.74) is 3.31. The number of aryl methyl sites for hydroxylation is 1. The molecule has 0 aliphatic heterocycles. The Morgan fingerprint density at radius 3 is 2.80 bits per heavy atom. The van der Waals surface area contributed by atoms with Crippen molar-refractivity contribution in [3.05, 3.63) is 87.1 Å². The molecule has 4 aromatic rings. The molecule has 0 saturated carbocycles. The first-order valence-corrected chi connectivity index (χ1v) is 8.27. The van der Waals surface area contributed by atoms with E-state index < -0.39 is 0 Å². The van der Waals surface area contributed by atoms with Gasteiger partial charge in [-0.2, -0.15) is 5.10 Å². The number of nitrogens with one attached hydrogen (secondary N) is 1. The second kappa shape index (κ2) is 6.18. The van der Waals surface area contributed by atoms with Gasteiger partial charge in [-0.15, -0.1) is 0 Å². The highest BCUT2D eigenvalue weighted by molar-refractivity contribution is 6.30. The van der Waals surface area contributed by atoms with Crippen LogP contribution in [0.2, 0.25) is 5.02 Å². The molecule has 4 rings (SSSR count). The lowest BCUT2D eigenvalue weighted by atomic mass is 10.1. The fourth-order valence-electron chi connectivity index (χ4n) is 2.87. The summed E-state index contributed by atoms with van der Waals surface area (Å²) >= 11 is 6.04. The number of para-hydroxylation sites is 1. The summed E-state index contributed by atoms with van der Waals surface area (Å²) in [6.07, 6.45) is 2.04. The third-order valence-electron chi connectivity index (χ3n) is 4.09. The van der Waals surface area contributed by atoms with Gasteiger partial charge in [-0.25, -0.2) is 9.67 Å². The van der Waals surface area contributed by atoms with Gasteiger partial charge in [0.1, 0.15) is 11.2 Å². The zero-order chi connectivity index (χ0) is 17.4. The Morgan fingerprint density at radius 2 is 2.00 bits per heavy atom. The van der Waals surface area contributed by atoms with E-state index in [1.54, 1.807) is 10.9 Å². The fourth-order valence-corrected chi connectivity index (χ4v) is 3.08. The largest absolute Gasteiger partial charge is 0.310 e. The molecule has 0 saturated heterocycles. The number of H-pyrrole nitrogens is 1. The Balaban J connectivity index is 1.84. The van der Waals surface area contributed by atoms with Crippen LogP contribution >= 0.6 is 11.6 Å². The molecular formula is C19H15ClN4O. The molecule has 0 fully saturated rings. The summed E-state index contributed by atoms with van der Waals surface area (Å²) in [5.74, 6) is 0.579. The Morgan fingerprint density at radius 1 is 1.16 bits per heavy atom. The van der Waals surface area contributed by atoms with Crippen LogP contribution in [0.3, 0.4) is 0 Å². The first kappa shape index (κ1) is 15.6. The number of fused-ring (bicyclic) bond motifs is 1. The summed E-state index contributed by atoms with van der Waals surface area (Å²) in [6.45, 7) is 2.00. The number of nitrogens with zero attached hydrogens (tertiary/aromatic N) is 3. The Bertz CT molecular complexity index is 1130. The third-order valence-corrected chi connectivity index (χ3v) is 4.33. The minimum absolute atomic E-state index is 0.193. The highest BCUT2D eigenvalue weighted by Crippen LogP contribution is 2.18. The van der Waals surface area contributed by atoms with E-state index in [4.69, 9.17) is 11.6 Å². The summed E-state index contributed by atoms with van der Waals surface area (Å²) in [6, 6.07) is 15.4. The highest BCUT2D eigenvalue weighted by Gasteiger charge is 2.13. The van der Waals surface area contributed by atoms with Gasteiger partial charge in [0.2, 0.25) is 0 Å². The molecule has 0 aliphatic rings. The summed E-state index contributed by atoms with van der Waals surface area (Å²) in [5, 5.41) is 5.49. The van der Waals surface area contributed by atoms with Crippen molar-refractivity contribution in [1.29, 1.82) is 0 Å². The van der Waals surface area contributed by atoms with Crippen molar-refractivity contribution in [2.75, 3.05) is 0 Å². The number of hydrogen-bond donors (Lipinski definition) is 1. The monoisotopic (exact) mass is 350 g/mol. The van der Waals surface area contributed by atoms with Gasteiger partial charge < -0.3 is 4.98 Å². The van der Waals surface area contributed by atoms with Crippen molar-refractivity contribution < 1.29 is 0 Å². The molecule has 2 aromatic carbocycles. The van der Waals surface area contributed by atoms with E-state index in [0.29, 0.717) is 28.3 Å². The number of halogens is 1. The lowest BCUT2D eigenvalue weighted by Crippen LogP contribution is -2.13. The van der Waals surface area contributed by atoms with E-state index in [2.05, 4.69) is 15.1 Å². The predicted octanol–water partition coefficient (Wildman–Crippen LogP) is 3.66. The van der Waals surface area contributed by atoms with Gasteiger partial charge >= 0.3 is 0 Å². The zero-order valence-corrected chi connectivity index (χ0v) is 14.3. The molecule has 2 heterocycles. The number of aromatic nitrogens is 4. The maximum atomic E-state index is 12.4. The Kier molecular flexibility index (Phi) is 3.86. The summed E-state index contributed by atoms with van der Waals surface area (Å²) in [4.78, 5) is 19.9. The maximum absolute atomic E-state index is 12.4. The van der Waals surface area contributed by atoms with Gasteiger partial charge in [0.25, 0.3) is 5.56 Å². The van der Waals surface area contributed by atoms with Gasteiger partial charge in [0.15, 0.2) is 5.65 Å². The average molecular weight is 351 g/mol. The lowest BCUT2D eigenvalue weighted by molar-refractivity contribution is 0.873. The molecule has 1 N–H and O–H groups in total. The zero-order valence-electron chi connectivity index (χ0n) is 13.5. The van der Waals surface area contributed by atoms with E-state index in [0.717, 1.165) is 16.8 Å². The molecule has 0 aliphatic carbocycles. The van der Waals surface area contributed by atoms with Crippen molar-refractivity contribution in [3.8, 4) is 5.69 Å². The Hall–Kier alpha value is -2.92. The fraction of sp³-hybridized carbons (Fsp3) is 0.105. The van der Waals surface area contributed by atoms with Gasteiger partial charge in [0, 0.05) is 11.4 Å². The van der Waals surface area contributed by atoms with E-state index in [1.165, 1.54) is 0 Å². The molecule has 0 unspecified atom stereocenters. The molecule has 2 aromatic heterocycles. The van der Waals surface area contributed by atoms with Crippen LogP contribution in [0.4, 0.5) is 0 Å². The van der Waals surface area contributed by atoms with Crippen molar-refractivity contribution in [1.82, 2.24) is 19.7 Å². The summed E-state index contributed by atoms with van der Waals surface area (Å²) in [7, 11) is 0. The maximum Gasteiger partial charge on any atom is 0.262 e. The minimum Gasteiger partial charge on any atom is -0.310 e. The first-order valence-electron chi connectivity index (χ1n) is 7.89. The van der Waals surface area contributed by atoms with Crippen molar-refractivity contribution in [2.45, 2.75) is 13.3 Å².